The summed E-state index contributed by atoms with van der Waals surface area (Å²) in [5.41, 5.74) is 5.38. The normalized spacial score (nSPS) is 13.4. The number of thiazole rings is 1. The Hall–Kier alpha value is -3.25. The van der Waals surface area contributed by atoms with Gasteiger partial charge in [0, 0.05) is 63.1 Å². The minimum atomic E-state index is -0.220. The van der Waals surface area contributed by atoms with Crippen molar-refractivity contribution >= 4 is 46.0 Å². The lowest BCUT2D eigenvalue weighted by molar-refractivity contribution is -0.130. The molecule has 0 aliphatic carbocycles. The van der Waals surface area contributed by atoms with E-state index in [0.29, 0.717) is 61.3 Å². The molecular weight excluding hydrogens is 546 g/mol. The number of piperazine rings is 1. The van der Waals surface area contributed by atoms with Crippen LogP contribution in [0, 0.1) is 13.8 Å². The predicted molar refractivity (Wildman–Crippen MR) is 159 cm³/mol. The van der Waals surface area contributed by atoms with Crippen molar-refractivity contribution < 1.29 is 19.5 Å². The van der Waals surface area contributed by atoms with Crippen molar-refractivity contribution in [1.29, 1.82) is 0 Å². The Kier molecular flexibility index (Phi) is 10.3. The average molecular weight is 582 g/mol. The first-order valence-electron chi connectivity index (χ1n) is 13.2. The number of carbonyl (C=O) groups excluding carboxylic acids is 3. The summed E-state index contributed by atoms with van der Waals surface area (Å²) in [6.07, 6.45) is 1.75. The molecule has 1 aliphatic rings. The number of benzene rings is 2. The van der Waals surface area contributed by atoms with Gasteiger partial charge in [-0.2, -0.15) is 0 Å². The van der Waals surface area contributed by atoms with E-state index in [4.69, 9.17) is 5.11 Å². The first kappa shape index (κ1) is 29.7. The number of thioether (sulfide) groups is 1. The molecular formula is C29H35N5O4S2. The fourth-order valence-electron chi connectivity index (χ4n) is 4.43. The van der Waals surface area contributed by atoms with Gasteiger partial charge in [-0.25, -0.2) is 4.98 Å². The van der Waals surface area contributed by atoms with Crippen LogP contribution in [0.4, 0.5) is 5.13 Å². The van der Waals surface area contributed by atoms with E-state index >= 15 is 0 Å². The smallest absolute Gasteiger partial charge is 0.257 e. The van der Waals surface area contributed by atoms with E-state index in [-0.39, 0.29) is 24.3 Å². The first-order chi connectivity index (χ1) is 19.2. The molecule has 0 unspecified atom stereocenters. The van der Waals surface area contributed by atoms with Crippen LogP contribution in [-0.4, -0.2) is 76.9 Å². The van der Waals surface area contributed by atoms with Crippen LogP contribution in [0.15, 0.2) is 46.8 Å². The van der Waals surface area contributed by atoms with Gasteiger partial charge < -0.3 is 20.2 Å². The maximum absolute atomic E-state index is 13.3. The number of carbonyl (C=O) groups is 3. The summed E-state index contributed by atoms with van der Waals surface area (Å²) in [6.45, 7) is 9.00. The summed E-state index contributed by atoms with van der Waals surface area (Å²) in [6, 6.07) is 11.4. The first-order valence-corrected chi connectivity index (χ1v) is 15.0. The molecule has 1 fully saturated rings. The molecule has 0 saturated carbocycles. The van der Waals surface area contributed by atoms with Gasteiger partial charge in [0.2, 0.25) is 5.91 Å². The fraction of sp³-hybridized carbons (Fsp3) is 0.379. The molecule has 2 aromatic carbocycles. The predicted octanol–water partition coefficient (Wildman–Crippen LogP) is 3.69. The fourth-order valence-corrected chi connectivity index (χ4v) is 6.22. The highest BCUT2D eigenvalue weighted by atomic mass is 32.2. The molecule has 0 spiro atoms. The summed E-state index contributed by atoms with van der Waals surface area (Å²) in [5.74, 6) is 0.498. The van der Waals surface area contributed by atoms with E-state index in [0.717, 1.165) is 26.5 Å². The Morgan fingerprint density at radius 2 is 1.73 bits per heavy atom. The molecule has 3 aromatic rings. The van der Waals surface area contributed by atoms with Crippen molar-refractivity contribution in [3.8, 4) is 0 Å². The van der Waals surface area contributed by atoms with Crippen molar-refractivity contribution in [3.05, 3.63) is 76.0 Å². The van der Waals surface area contributed by atoms with E-state index < -0.39 is 0 Å². The molecule has 0 atom stereocenters. The lowest BCUT2D eigenvalue weighted by Gasteiger charge is -2.34. The highest BCUT2D eigenvalue weighted by Gasteiger charge is 2.25. The molecule has 1 aromatic heterocycles. The number of anilines is 1. The van der Waals surface area contributed by atoms with Crippen molar-refractivity contribution in [2.75, 3.05) is 44.6 Å². The van der Waals surface area contributed by atoms with E-state index in [1.807, 2.05) is 36.9 Å². The Bertz CT molecular complexity index is 1350. The number of aromatic nitrogens is 1. The topological polar surface area (TPSA) is 115 Å². The molecule has 2 heterocycles. The maximum atomic E-state index is 13.3. The van der Waals surface area contributed by atoms with Gasteiger partial charge in [-0.05, 0) is 54.3 Å². The third kappa shape index (κ3) is 7.69. The molecule has 3 N–H and O–H groups in total. The van der Waals surface area contributed by atoms with Gasteiger partial charge in [0.1, 0.15) is 0 Å². The number of nitrogens with zero attached hydrogens (tertiary/aromatic N) is 3. The van der Waals surface area contributed by atoms with Crippen LogP contribution < -0.4 is 10.6 Å². The summed E-state index contributed by atoms with van der Waals surface area (Å²) >= 11 is 3.03. The zero-order valence-corrected chi connectivity index (χ0v) is 24.7. The van der Waals surface area contributed by atoms with E-state index in [9.17, 15) is 14.4 Å². The second-order valence-corrected chi connectivity index (χ2v) is 12.0. The van der Waals surface area contributed by atoms with Crippen LogP contribution in [-0.2, 0) is 17.1 Å². The molecule has 11 heteroatoms. The molecule has 3 amide bonds. The van der Waals surface area contributed by atoms with Crippen LogP contribution in [0.3, 0.4) is 0 Å². The minimum absolute atomic E-state index is 0.00731. The maximum Gasteiger partial charge on any atom is 0.257 e. The standard InChI is InChI=1S/C29H35N5O4S2/c1-19-14-23(15-25(20(19)2)28(38)34-11-9-33(10-12-34)21(3)36)18-39-26-17-31-29(40-26)32-27(37)24-6-4-22(5-7-24)16-30-8-13-35/h4-7,14-15,17,30,35H,8-13,16,18H2,1-3H3,(H,31,32,37). The molecule has 0 radical (unpaired) electrons. The molecule has 40 heavy (non-hydrogen) atoms. The lowest BCUT2D eigenvalue weighted by Crippen LogP contribution is -2.50. The van der Waals surface area contributed by atoms with Crippen molar-refractivity contribution in [2.24, 2.45) is 0 Å². The van der Waals surface area contributed by atoms with Crippen LogP contribution in [0.2, 0.25) is 0 Å². The number of hydrogen-bond acceptors (Lipinski definition) is 8. The summed E-state index contributed by atoms with van der Waals surface area (Å²) in [5, 5.41) is 15.4. The van der Waals surface area contributed by atoms with E-state index in [2.05, 4.69) is 21.7 Å². The molecule has 212 valence electrons. The highest BCUT2D eigenvalue weighted by molar-refractivity contribution is 8.00. The van der Waals surface area contributed by atoms with Crippen LogP contribution >= 0.6 is 23.1 Å². The zero-order valence-electron chi connectivity index (χ0n) is 23.0. The van der Waals surface area contributed by atoms with Crippen LogP contribution in [0.1, 0.15) is 49.9 Å². The molecule has 1 aliphatic heterocycles. The van der Waals surface area contributed by atoms with Gasteiger partial charge in [0.05, 0.1) is 17.0 Å². The second kappa shape index (κ2) is 13.9. The summed E-state index contributed by atoms with van der Waals surface area (Å²) in [4.78, 5) is 45.6. The Morgan fingerprint density at radius 3 is 2.40 bits per heavy atom. The van der Waals surface area contributed by atoms with Gasteiger partial charge in [0.15, 0.2) is 5.13 Å². The largest absolute Gasteiger partial charge is 0.395 e. The molecule has 0 bridgehead atoms. The van der Waals surface area contributed by atoms with Crippen LogP contribution in [0.25, 0.3) is 0 Å². The van der Waals surface area contributed by atoms with Gasteiger partial charge in [-0.3, -0.25) is 19.7 Å². The average Bonchev–Trinajstić information content (AvgIpc) is 3.40. The lowest BCUT2D eigenvalue weighted by atomic mass is 9.99. The monoisotopic (exact) mass is 581 g/mol. The number of nitrogens with one attached hydrogen (secondary N) is 2. The van der Waals surface area contributed by atoms with Crippen molar-refractivity contribution in [2.45, 2.75) is 37.3 Å². The third-order valence-electron chi connectivity index (χ3n) is 6.89. The number of aryl methyl sites for hydroxylation is 1. The highest BCUT2D eigenvalue weighted by Crippen LogP contribution is 2.32. The molecule has 4 rings (SSSR count). The number of aliphatic hydroxyl groups is 1. The van der Waals surface area contributed by atoms with Gasteiger partial charge in [0.25, 0.3) is 11.8 Å². The number of rotatable bonds is 10. The Labute approximate surface area is 243 Å². The van der Waals surface area contributed by atoms with E-state index in [1.165, 1.54) is 11.3 Å². The van der Waals surface area contributed by atoms with Gasteiger partial charge in [-0.1, -0.05) is 29.5 Å². The summed E-state index contributed by atoms with van der Waals surface area (Å²) < 4.78 is 0.965. The third-order valence-corrected chi connectivity index (χ3v) is 9.07. The van der Waals surface area contributed by atoms with E-state index in [1.54, 1.807) is 41.9 Å². The van der Waals surface area contributed by atoms with Crippen molar-refractivity contribution in [1.82, 2.24) is 20.1 Å². The summed E-state index contributed by atoms with van der Waals surface area (Å²) in [7, 11) is 0. The van der Waals surface area contributed by atoms with Crippen molar-refractivity contribution in [3.63, 3.8) is 0 Å². The molecule has 9 nitrogen and oxygen atoms in total. The Morgan fingerprint density at radius 1 is 1.02 bits per heavy atom. The Balaban J connectivity index is 1.33. The minimum Gasteiger partial charge on any atom is -0.395 e. The van der Waals surface area contributed by atoms with Crippen LogP contribution in [0.5, 0.6) is 0 Å². The van der Waals surface area contributed by atoms with Gasteiger partial charge in [-0.15, -0.1) is 11.8 Å². The molecule has 1 saturated heterocycles. The second-order valence-electron chi connectivity index (χ2n) is 9.71. The quantitative estimate of drug-likeness (QED) is 0.247. The number of hydrogen-bond donors (Lipinski definition) is 3. The number of aliphatic hydroxyl groups excluding tert-OH is 1. The number of amides is 3. The SMILES string of the molecule is CC(=O)N1CCN(C(=O)c2cc(CSc3cnc(NC(=O)c4ccc(CNCCO)cc4)s3)cc(C)c2C)CC1. The van der Waals surface area contributed by atoms with Gasteiger partial charge >= 0.3 is 0 Å². The zero-order chi connectivity index (χ0) is 28.6.